The van der Waals surface area contributed by atoms with E-state index in [1.54, 1.807) is 31.3 Å². The lowest BCUT2D eigenvalue weighted by Crippen LogP contribution is -2.33. The molecule has 7 heteroatoms. The molecular formula is C25H27N3O4. The zero-order valence-electron chi connectivity index (χ0n) is 18.8. The van der Waals surface area contributed by atoms with Gasteiger partial charge in [-0.1, -0.05) is 19.4 Å². The van der Waals surface area contributed by atoms with Gasteiger partial charge in [0.2, 0.25) is 5.88 Å². The van der Waals surface area contributed by atoms with Crippen molar-refractivity contribution < 1.29 is 19.4 Å². The third kappa shape index (κ3) is 3.66. The minimum absolute atomic E-state index is 0.116. The van der Waals surface area contributed by atoms with E-state index in [2.05, 4.69) is 23.3 Å². The van der Waals surface area contributed by atoms with Crippen LogP contribution in [0.25, 0.3) is 0 Å². The second-order valence-electron chi connectivity index (χ2n) is 8.96. The van der Waals surface area contributed by atoms with Crippen LogP contribution in [-0.4, -0.2) is 29.8 Å². The quantitative estimate of drug-likeness (QED) is 0.677. The van der Waals surface area contributed by atoms with Gasteiger partial charge in [-0.2, -0.15) is 5.26 Å². The molecule has 7 nitrogen and oxygen atoms in total. The minimum Gasteiger partial charge on any atom is -0.496 e. The van der Waals surface area contributed by atoms with Gasteiger partial charge in [0.15, 0.2) is 0 Å². The van der Waals surface area contributed by atoms with Crippen molar-refractivity contribution in [3.05, 3.63) is 57.9 Å². The normalized spacial score (nSPS) is 18.7. The highest BCUT2D eigenvalue weighted by Crippen LogP contribution is 2.49. The number of ether oxygens (including phenoxy) is 2. The predicted molar refractivity (Wildman–Crippen MR) is 120 cm³/mol. The van der Waals surface area contributed by atoms with Crippen molar-refractivity contribution in [1.29, 1.82) is 5.26 Å². The molecule has 1 aromatic heterocycles. The summed E-state index contributed by atoms with van der Waals surface area (Å²) < 4.78 is 11.8. The van der Waals surface area contributed by atoms with Gasteiger partial charge in [0.25, 0.3) is 0 Å². The van der Waals surface area contributed by atoms with Gasteiger partial charge in [-0.3, -0.25) is 0 Å². The molecule has 2 aromatic rings. The second-order valence-corrected chi connectivity index (χ2v) is 8.96. The summed E-state index contributed by atoms with van der Waals surface area (Å²) in [5.74, 6) is -0.820. The molecule has 1 atom stereocenters. The molecule has 0 radical (unpaired) electrons. The van der Waals surface area contributed by atoms with Gasteiger partial charge in [0.05, 0.1) is 48.1 Å². The Kier molecular flexibility index (Phi) is 5.55. The van der Waals surface area contributed by atoms with E-state index in [0.29, 0.717) is 40.6 Å². The summed E-state index contributed by atoms with van der Waals surface area (Å²) >= 11 is 0. The molecule has 2 heterocycles. The highest BCUT2D eigenvalue weighted by atomic mass is 16.5. The molecule has 1 fully saturated rings. The van der Waals surface area contributed by atoms with Crippen LogP contribution in [0.2, 0.25) is 0 Å². The molecule has 32 heavy (non-hydrogen) atoms. The Balaban J connectivity index is 1.91. The van der Waals surface area contributed by atoms with E-state index in [-0.39, 0.29) is 11.0 Å². The number of aryl methyl sites for hydroxylation is 1. The Morgan fingerprint density at radius 2 is 2.12 bits per heavy atom. The van der Waals surface area contributed by atoms with Crippen molar-refractivity contribution in [3.8, 4) is 17.7 Å². The van der Waals surface area contributed by atoms with E-state index in [0.717, 1.165) is 24.1 Å². The van der Waals surface area contributed by atoms with Crippen molar-refractivity contribution >= 4 is 11.7 Å². The van der Waals surface area contributed by atoms with E-state index in [1.165, 1.54) is 13.5 Å². The fraction of sp³-hybridized carbons (Fsp3) is 0.400. The monoisotopic (exact) mass is 433 g/mol. The second kappa shape index (κ2) is 8.19. The van der Waals surface area contributed by atoms with Crippen LogP contribution >= 0.6 is 0 Å². The number of nitrogens with zero attached hydrogens (tertiary/aromatic N) is 2. The topological polar surface area (TPSA) is 104 Å². The summed E-state index contributed by atoms with van der Waals surface area (Å²) in [4.78, 5) is 17.0. The number of rotatable bonds is 6. The first-order chi connectivity index (χ1) is 15.3. The molecule has 1 aromatic carbocycles. The number of pyridine rings is 1. The third-order valence-corrected chi connectivity index (χ3v) is 6.59. The molecule has 0 spiro atoms. The van der Waals surface area contributed by atoms with Crippen molar-refractivity contribution in [2.75, 3.05) is 19.0 Å². The molecule has 0 saturated heterocycles. The van der Waals surface area contributed by atoms with E-state index in [9.17, 15) is 15.2 Å². The number of methoxy groups -OCH3 is 1. The first kappa shape index (κ1) is 21.7. The van der Waals surface area contributed by atoms with Gasteiger partial charge < -0.3 is 19.9 Å². The summed E-state index contributed by atoms with van der Waals surface area (Å²) in [6, 6.07) is 7.17. The first-order valence-electron chi connectivity index (χ1n) is 10.7. The molecule has 0 amide bonds. The average molecular weight is 434 g/mol. The number of carbonyl (C=O) groups is 1. The molecule has 2 aliphatic rings. The fourth-order valence-corrected chi connectivity index (χ4v) is 4.55. The lowest BCUT2D eigenvalue weighted by Gasteiger charge is -2.38. The number of nitrogens with one attached hydrogen (secondary N) is 1. The SMILES string of the molecule is COc1cc(C#N)ccc1C1C(C(=O)O)=C(C)Nc2c(C)cnc(OCC3(C)CCC3)c21. The minimum atomic E-state index is -1.03. The number of aromatic nitrogens is 1. The molecule has 1 saturated carbocycles. The van der Waals surface area contributed by atoms with E-state index < -0.39 is 11.9 Å². The van der Waals surface area contributed by atoms with Crippen LogP contribution in [0.15, 0.2) is 35.7 Å². The van der Waals surface area contributed by atoms with Crippen LogP contribution in [0.5, 0.6) is 11.6 Å². The van der Waals surface area contributed by atoms with Crippen molar-refractivity contribution in [2.24, 2.45) is 5.41 Å². The van der Waals surface area contributed by atoms with Crippen LogP contribution in [-0.2, 0) is 4.79 Å². The summed E-state index contributed by atoms with van der Waals surface area (Å²) in [6.45, 7) is 6.41. The Bertz CT molecular complexity index is 1160. The number of aliphatic carboxylic acids is 1. The Hall–Kier alpha value is -3.53. The van der Waals surface area contributed by atoms with E-state index in [1.807, 2.05) is 6.92 Å². The summed E-state index contributed by atoms with van der Waals surface area (Å²) in [5.41, 5.74) is 4.33. The third-order valence-electron chi connectivity index (χ3n) is 6.59. The number of hydrogen-bond acceptors (Lipinski definition) is 6. The Morgan fingerprint density at radius 1 is 1.38 bits per heavy atom. The molecule has 0 bridgehead atoms. The molecule has 2 N–H and O–H groups in total. The molecule has 4 rings (SSSR count). The van der Waals surface area contributed by atoms with Crippen molar-refractivity contribution in [2.45, 2.75) is 46.0 Å². The van der Waals surface area contributed by atoms with Gasteiger partial charge >= 0.3 is 5.97 Å². The number of anilines is 1. The zero-order chi connectivity index (χ0) is 23.0. The Morgan fingerprint density at radius 3 is 2.72 bits per heavy atom. The van der Waals surface area contributed by atoms with Gasteiger partial charge in [0, 0.05) is 22.9 Å². The number of fused-ring (bicyclic) bond motifs is 1. The van der Waals surface area contributed by atoms with Crippen LogP contribution < -0.4 is 14.8 Å². The van der Waals surface area contributed by atoms with Crippen LogP contribution in [0.4, 0.5) is 5.69 Å². The van der Waals surface area contributed by atoms with Gasteiger partial charge in [-0.05, 0) is 44.4 Å². The van der Waals surface area contributed by atoms with Gasteiger partial charge in [-0.15, -0.1) is 0 Å². The van der Waals surface area contributed by atoms with Crippen LogP contribution in [0.3, 0.4) is 0 Å². The number of nitriles is 1. The first-order valence-corrected chi connectivity index (χ1v) is 10.7. The van der Waals surface area contributed by atoms with E-state index >= 15 is 0 Å². The highest BCUT2D eigenvalue weighted by Gasteiger charge is 2.39. The summed E-state index contributed by atoms with van der Waals surface area (Å²) in [7, 11) is 1.52. The largest absolute Gasteiger partial charge is 0.496 e. The van der Waals surface area contributed by atoms with E-state index in [4.69, 9.17) is 9.47 Å². The fourth-order valence-electron chi connectivity index (χ4n) is 4.55. The lowest BCUT2D eigenvalue weighted by atomic mass is 9.71. The number of hydrogen-bond donors (Lipinski definition) is 2. The van der Waals surface area contributed by atoms with Crippen LogP contribution in [0, 0.1) is 23.7 Å². The highest BCUT2D eigenvalue weighted by molar-refractivity contribution is 5.94. The smallest absolute Gasteiger partial charge is 0.334 e. The van der Waals surface area contributed by atoms with Gasteiger partial charge in [-0.25, -0.2) is 9.78 Å². The molecule has 1 aliphatic carbocycles. The molecular weight excluding hydrogens is 406 g/mol. The predicted octanol–water partition coefficient (Wildman–Crippen LogP) is 4.76. The van der Waals surface area contributed by atoms with Crippen LogP contribution in [0.1, 0.15) is 61.3 Å². The molecule has 1 aliphatic heterocycles. The van der Waals surface area contributed by atoms with Crippen molar-refractivity contribution in [3.63, 3.8) is 0 Å². The Labute approximate surface area is 187 Å². The zero-order valence-corrected chi connectivity index (χ0v) is 18.8. The lowest BCUT2D eigenvalue weighted by molar-refractivity contribution is -0.133. The molecule has 166 valence electrons. The van der Waals surface area contributed by atoms with Crippen molar-refractivity contribution in [1.82, 2.24) is 4.98 Å². The standard InChI is InChI=1S/C25H27N3O4/c1-14-12-27-23(32-13-25(3)8-5-9-25)21-20(19(24(29)30)15(2)28-22(14)21)17-7-6-16(11-26)10-18(17)31-4/h6-7,10,12,20,28H,5,8-9,13H2,1-4H3,(H,29,30). The summed E-state index contributed by atoms with van der Waals surface area (Å²) in [6.07, 6.45) is 5.14. The summed E-state index contributed by atoms with van der Waals surface area (Å²) in [5, 5.41) is 22.7. The number of carboxylic acid groups (broad SMARTS) is 1. The maximum atomic E-state index is 12.4. The number of allylic oxidation sites excluding steroid dienone is 1. The maximum absolute atomic E-state index is 12.4. The maximum Gasteiger partial charge on any atom is 0.334 e. The average Bonchev–Trinajstić information content (AvgIpc) is 2.76. The molecule has 1 unspecified atom stereocenters. The number of benzene rings is 1. The number of carboxylic acids is 1. The van der Waals surface area contributed by atoms with Gasteiger partial charge in [0.1, 0.15) is 5.75 Å².